The molecule has 4 N–H and O–H groups in total. The minimum absolute atomic E-state index is 0.266. The zero-order valence-electron chi connectivity index (χ0n) is 17.9. The van der Waals surface area contributed by atoms with Gasteiger partial charge in [0.25, 0.3) is 20.2 Å². The van der Waals surface area contributed by atoms with Gasteiger partial charge in [0.1, 0.15) is 11.8 Å². The molecular weight excluding hydrogens is 482 g/mol. The molecule has 0 bridgehead atoms. The summed E-state index contributed by atoms with van der Waals surface area (Å²) >= 11 is 0. The summed E-state index contributed by atoms with van der Waals surface area (Å²) < 4.78 is 63.4. The molecule has 0 atom stereocenters. The van der Waals surface area contributed by atoms with Crippen LogP contribution in [-0.4, -0.2) is 33.0 Å². The third kappa shape index (κ3) is 5.56. The van der Waals surface area contributed by atoms with Crippen molar-refractivity contribution in [2.75, 3.05) is 17.7 Å². The van der Waals surface area contributed by atoms with Crippen LogP contribution >= 0.6 is 0 Å². The fourth-order valence-corrected chi connectivity index (χ4v) is 4.07. The topological polar surface area (TPSA) is 181 Å². The third-order valence-corrected chi connectivity index (χ3v) is 6.45. The highest BCUT2D eigenvalue weighted by Gasteiger charge is 2.17. The normalized spacial score (nSPS) is 11.9. The van der Waals surface area contributed by atoms with Gasteiger partial charge in [-0.3, -0.25) is 9.11 Å². The van der Waals surface area contributed by atoms with Gasteiger partial charge in [0, 0.05) is 18.4 Å². The van der Waals surface area contributed by atoms with Gasteiger partial charge in [0.05, 0.1) is 26.7 Å². The summed E-state index contributed by atoms with van der Waals surface area (Å²) in [5, 5.41) is 23.8. The van der Waals surface area contributed by atoms with Gasteiger partial charge in [0.2, 0.25) is 0 Å². The number of benzene rings is 3. The highest BCUT2D eigenvalue weighted by molar-refractivity contribution is 7.86. The number of hydrogen-bond donors (Lipinski definition) is 4. The van der Waals surface area contributed by atoms with E-state index in [4.69, 9.17) is 9.11 Å². The van der Waals surface area contributed by atoms with Crippen molar-refractivity contribution < 1.29 is 25.9 Å². The fourth-order valence-electron chi connectivity index (χ4n) is 3.11. The number of azo groups is 1. The summed E-state index contributed by atoms with van der Waals surface area (Å²) in [6.45, 7) is 1.68. The first-order valence-electron chi connectivity index (χ1n) is 9.50. The van der Waals surface area contributed by atoms with E-state index in [1.165, 1.54) is 55.6 Å². The number of rotatable bonds is 7. The Morgan fingerprint density at radius 3 is 1.65 bits per heavy atom. The largest absolute Gasteiger partial charge is 0.354 e. The Labute approximate surface area is 196 Å². The zero-order valence-corrected chi connectivity index (χ0v) is 19.5. The molecule has 34 heavy (non-hydrogen) atoms. The summed E-state index contributed by atoms with van der Waals surface area (Å²) in [4.78, 5) is -0.539. The second kappa shape index (κ2) is 9.57. The Hall–Kier alpha value is -3.83. The van der Waals surface area contributed by atoms with Crippen LogP contribution in [0.5, 0.6) is 0 Å². The van der Waals surface area contributed by atoms with E-state index in [0.29, 0.717) is 34.0 Å². The van der Waals surface area contributed by atoms with E-state index < -0.39 is 20.2 Å². The Balaban J connectivity index is 2.05. The molecule has 176 valence electrons. The van der Waals surface area contributed by atoms with E-state index in [9.17, 15) is 22.1 Å². The Kier molecular flexibility index (Phi) is 6.99. The lowest BCUT2D eigenvalue weighted by Crippen LogP contribution is -2.02. The molecule has 0 heterocycles. The van der Waals surface area contributed by atoms with Gasteiger partial charge in [-0.15, -0.1) is 0 Å². The zero-order chi connectivity index (χ0) is 25.1. The van der Waals surface area contributed by atoms with Gasteiger partial charge >= 0.3 is 0 Å². The summed E-state index contributed by atoms with van der Waals surface area (Å²) in [5.74, 6) is 0. The molecule has 0 aromatic heterocycles. The first-order valence-corrected chi connectivity index (χ1v) is 12.4. The van der Waals surface area contributed by atoms with Crippen molar-refractivity contribution in [3.63, 3.8) is 0 Å². The minimum atomic E-state index is -4.34. The van der Waals surface area contributed by atoms with E-state index in [1.54, 1.807) is 13.0 Å². The molecule has 0 aliphatic heterocycles. The van der Waals surface area contributed by atoms with Gasteiger partial charge in [-0.2, -0.15) is 32.3 Å². The molecule has 0 saturated carbocycles. The van der Waals surface area contributed by atoms with Crippen LogP contribution in [0.3, 0.4) is 0 Å². The van der Waals surface area contributed by atoms with Crippen LogP contribution in [0.2, 0.25) is 0 Å². The van der Waals surface area contributed by atoms with E-state index in [1.807, 2.05) is 0 Å². The average molecular weight is 502 g/mol. The maximum atomic E-state index is 11.3. The first kappa shape index (κ1) is 24.8. The van der Waals surface area contributed by atoms with Gasteiger partial charge in [0.15, 0.2) is 0 Å². The summed E-state index contributed by atoms with van der Waals surface area (Å²) in [6, 6.07) is 14.4. The SMILES string of the molecule is C/N=N/c1c(Nc2ccc(S(=O)(=O)O)cc2)cc(Nc2ccc(S(=O)(=O)O)cc2)c(C#N)c1C. The lowest BCUT2D eigenvalue weighted by molar-refractivity contribution is 0.481. The molecule has 3 aromatic carbocycles. The summed E-state index contributed by atoms with van der Waals surface area (Å²) in [6.07, 6.45) is 0. The molecule has 0 saturated heterocycles. The molecule has 3 rings (SSSR count). The second-order valence-electron chi connectivity index (χ2n) is 6.98. The van der Waals surface area contributed by atoms with Crippen molar-refractivity contribution in [2.45, 2.75) is 16.7 Å². The molecule has 0 radical (unpaired) electrons. The molecule has 0 fully saturated rings. The van der Waals surface area contributed by atoms with Crippen LogP contribution in [0.4, 0.5) is 28.4 Å². The predicted octanol–water partition coefficient (Wildman–Crippen LogP) is 4.56. The van der Waals surface area contributed by atoms with Crippen LogP contribution in [-0.2, 0) is 20.2 Å². The van der Waals surface area contributed by atoms with E-state index in [2.05, 4.69) is 26.9 Å². The second-order valence-corrected chi connectivity index (χ2v) is 9.82. The van der Waals surface area contributed by atoms with Gasteiger partial charge in [-0.1, -0.05) is 0 Å². The van der Waals surface area contributed by atoms with Gasteiger partial charge in [-0.05, 0) is 67.1 Å². The lowest BCUT2D eigenvalue weighted by atomic mass is 10.0. The van der Waals surface area contributed by atoms with Crippen LogP contribution < -0.4 is 10.6 Å². The van der Waals surface area contributed by atoms with Crippen LogP contribution in [0.15, 0.2) is 74.6 Å². The number of anilines is 4. The first-order chi connectivity index (χ1) is 15.9. The predicted molar refractivity (Wildman–Crippen MR) is 125 cm³/mol. The quantitative estimate of drug-likeness (QED) is 0.266. The van der Waals surface area contributed by atoms with Crippen LogP contribution in [0, 0.1) is 18.3 Å². The molecule has 0 spiro atoms. The standard InChI is InChI=1S/C21H19N5O6S2/c1-13-18(12-22)19(24-14-3-7-16(8-4-14)33(27,28)29)11-20(21(13)26-23-2)25-15-5-9-17(10-6-15)34(30,31)32/h3-11,24-25H,1-2H3,(H,27,28,29)(H,30,31,32)/b26-23+. The molecular formula is C21H19N5O6S2. The molecule has 0 unspecified atom stereocenters. The maximum absolute atomic E-state index is 11.3. The molecule has 3 aromatic rings. The lowest BCUT2D eigenvalue weighted by Gasteiger charge is -2.17. The van der Waals surface area contributed by atoms with Crippen molar-refractivity contribution in [3.8, 4) is 6.07 Å². The number of hydrogen-bond acceptors (Lipinski definition) is 9. The average Bonchev–Trinajstić information content (AvgIpc) is 2.76. The van der Waals surface area contributed by atoms with Crippen LogP contribution in [0.25, 0.3) is 0 Å². The smallest absolute Gasteiger partial charge is 0.294 e. The van der Waals surface area contributed by atoms with Crippen molar-refractivity contribution in [1.82, 2.24) is 0 Å². The number of nitrogens with zero attached hydrogens (tertiary/aromatic N) is 3. The Morgan fingerprint density at radius 1 is 0.824 bits per heavy atom. The molecule has 13 heteroatoms. The number of nitrogens with one attached hydrogen (secondary N) is 2. The monoisotopic (exact) mass is 501 g/mol. The molecule has 11 nitrogen and oxygen atoms in total. The summed E-state index contributed by atoms with van der Waals surface area (Å²) in [7, 11) is -7.21. The highest BCUT2D eigenvalue weighted by atomic mass is 32.2. The molecule has 0 aliphatic carbocycles. The Morgan fingerprint density at radius 2 is 1.26 bits per heavy atom. The van der Waals surface area contributed by atoms with Crippen molar-refractivity contribution in [2.24, 2.45) is 10.2 Å². The Bertz CT molecular complexity index is 1510. The van der Waals surface area contributed by atoms with E-state index in [-0.39, 0.29) is 15.4 Å². The van der Waals surface area contributed by atoms with Crippen LogP contribution in [0.1, 0.15) is 11.1 Å². The van der Waals surface area contributed by atoms with Gasteiger partial charge in [-0.25, -0.2) is 0 Å². The van der Waals surface area contributed by atoms with E-state index >= 15 is 0 Å². The summed E-state index contributed by atoms with van der Waals surface area (Å²) in [5.41, 5.74) is 2.91. The van der Waals surface area contributed by atoms with Crippen molar-refractivity contribution in [1.29, 1.82) is 5.26 Å². The van der Waals surface area contributed by atoms with Crippen molar-refractivity contribution >= 4 is 48.7 Å². The highest BCUT2D eigenvalue weighted by Crippen LogP contribution is 2.39. The number of nitriles is 1. The van der Waals surface area contributed by atoms with E-state index in [0.717, 1.165) is 0 Å². The minimum Gasteiger partial charge on any atom is -0.354 e. The molecule has 0 amide bonds. The maximum Gasteiger partial charge on any atom is 0.294 e. The fraction of sp³-hybridized carbons (Fsp3) is 0.0952. The third-order valence-electron chi connectivity index (χ3n) is 4.72. The molecule has 0 aliphatic rings. The van der Waals surface area contributed by atoms with Gasteiger partial charge < -0.3 is 10.6 Å². The van der Waals surface area contributed by atoms with Crippen molar-refractivity contribution in [3.05, 3.63) is 65.7 Å².